The van der Waals surface area contributed by atoms with Gasteiger partial charge in [-0.25, -0.2) is 4.98 Å². The second kappa shape index (κ2) is 8.27. The Balaban J connectivity index is 0.00000128. The van der Waals surface area contributed by atoms with E-state index in [1.54, 1.807) is 0 Å². The molecule has 1 aliphatic heterocycles. The van der Waals surface area contributed by atoms with E-state index in [1.165, 1.54) is 0 Å². The van der Waals surface area contributed by atoms with E-state index in [9.17, 15) is 0 Å². The lowest BCUT2D eigenvalue weighted by Gasteiger charge is -2.32. The highest BCUT2D eigenvalue weighted by Crippen LogP contribution is 2.19. The molecule has 3 nitrogen and oxygen atoms in total. The summed E-state index contributed by atoms with van der Waals surface area (Å²) in [6.07, 6.45) is 0. The lowest BCUT2D eigenvalue weighted by molar-refractivity contribution is 0.182. The predicted octanol–water partition coefficient (Wildman–Crippen LogP) is 2.65. The molecule has 1 aliphatic rings. The van der Waals surface area contributed by atoms with Gasteiger partial charge in [-0.2, -0.15) is 0 Å². The number of aromatic nitrogens is 1. The SMILES string of the molecule is C[C@@H](c1cccc(Br)n1)N1CCNCC1.Cl.Cl. The molecule has 0 aliphatic carbocycles. The van der Waals surface area contributed by atoms with E-state index in [0.29, 0.717) is 6.04 Å². The van der Waals surface area contributed by atoms with E-state index in [-0.39, 0.29) is 24.8 Å². The second-order valence-electron chi connectivity index (χ2n) is 3.85. The van der Waals surface area contributed by atoms with E-state index in [1.807, 2.05) is 12.1 Å². The van der Waals surface area contributed by atoms with Gasteiger partial charge in [0.25, 0.3) is 0 Å². The molecule has 98 valence electrons. The lowest BCUT2D eigenvalue weighted by Crippen LogP contribution is -2.44. The van der Waals surface area contributed by atoms with Crippen LogP contribution >= 0.6 is 40.7 Å². The molecule has 0 spiro atoms. The quantitative estimate of drug-likeness (QED) is 0.837. The number of pyridine rings is 1. The highest BCUT2D eigenvalue weighted by molar-refractivity contribution is 9.10. The van der Waals surface area contributed by atoms with Crippen molar-refractivity contribution in [1.82, 2.24) is 15.2 Å². The van der Waals surface area contributed by atoms with E-state index < -0.39 is 0 Å². The molecule has 6 heteroatoms. The summed E-state index contributed by atoms with van der Waals surface area (Å²) in [4.78, 5) is 6.97. The van der Waals surface area contributed by atoms with Crippen LogP contribution in [0.5, 0.6) is 0 Å². The Morgan fingerprint density at radius 2 is 1.94 bits per heavy atom. The molecule has 1 aromatic heterocycles. The van der Waals surface area contributed by atoms with Crippen LogP contribution in [0.15, 0.2) is 22.8 Å². The Kier molecular flexibility index (Phi) is 8.33. The van der Waals surface area contributed by atoms with Crippen molar-refractivity contribution in [2.45, 2.75) is 13.0 Å². The highest BCUT2D eigenvalue weighted by Gasteiger charge is 2.18. The predicted molar refractivity (Wildman–Crippen MR) is 79.3 cm³/mol. The number of hydrogen-bond acceptors (Lipinski definition) is 3. The Hall–Kier alpha value is 0.130. The summed E-state index contributed by atoms with van der Waals surface area (Å²) in [7, 11) is 0. The molecule has 0 radical (unpaired) electrons. The lowest BCUT2D eigenvalue weighted by atomic mass is 10.1. The topological polar surface area (TPSA) is 28.2 Å². The summed E-state index contributed by atoms with van der Waals surface area (Å²) < 4.78 is 0.919. The zero-order valence-corrected chi connectivity index (χ0v) is 12.9. The first-order chi connectivity index (χ1) is 7.27. The molecule has 0 bridgehead atoms. The zero-order chi connectivity index (χ0) is 10.7. The van der Waals surface area contributed by atoms with Gasteiger partial charge >= 0.3 is 0 Å². The molecule has 1 N–H and O–H groups in total. The van der Waals surface area contributed by atoms with Crippen molar-refractivity contribution < 1.29 is 0 Å². The van der Waals surface area contributed by atoms with Crippen LogP contribution in [0, 0.1) is 0 Å². The third-order valence-corrected chi connectivity index (χ3v) is 3.31. The Morgan fingerprint density at radius 1 is 1.29 bits per heavy atom. The number of nitrogens with one attached hydrogen (secondary N) is 1. The fourth-order valence-electron chi connectivity index (χ4n) is 1.91. The molecule has 2 rings (SSSR count). The number of halogens is 3. The second-order valence-corrected chi connectivity index (χ2v) is 4.66. The Bertz CT molecular complexity index is 332. The first-order valence-corrected chi connectivity index (χ1v) is 6.14. The molecule has 1 fully saturated rings. The molecule has 1 aromatic rings. The van der Waals surface area contributed by atoms with E-state index in [0.717, 1.165) is 36.5 Å². The van der Waals surface area contributed by atoms with Crippen molar-refractivity contribution in [3.63, 3.8) is 0 Å². The molecular formula is C11H18BrCl2N3. The molecule has 0 saturated carbocycles. The van der Waals surface area contributed by atoms with E-state index >= 15 is 0 Å². The van der Waals surface area contributed by atoms with Crippen LogP contribution in [-0.4, -0.2) is 36.1 Å². The molecule has 2 heterocycles. The molecule has 17 heavy (non-hydrogen) atoms. The minimum absolute atomic E-state index is 0. The van der Waals surface area contributed by atoms with Crippen LogP contribution in [0.1, 0.15) is 18.7 Å². The number of piperazine rings is 1. The smallest absolute Gasteiger partial charge is 0.106 e. The summed E-state index contributed by atoms with van der Waals surface area (Å²) in [5.41, 5.74) is 1.14. The number of rotatable bonds is 2. The maximum absolute atomic E-state index is 4.50. The first-order valence-electron chi connectivity index (χ1n) is 5.34. The van der Waals surface area contributed by atoms with Gasteiger partial charge in [-0.05, 0) is 35.0 Å². The number of hydrogen-bond donors (Lipinski definition) is 1. The summed E-state index contributed by atoms with van der Waals surface area (Å²) in [6, 6.07) is 6.51. The van der Waals surface area contributed by atoms with Gasteiger partial charge < -0.3 is 5.32 Å². The standard InChI is InChI=1S/C11H16BrN3.2ClH/c1-9(15-7-5-13-6-8-15)10-3-2-4-11(12)14-10;;/h2-4,9,13H,5-8H2,1H3;2*1H/t9-;;/m0../s1. The maximum Gasteiger partial charge on any atom is 0.106 e. The van der Waals surface area contributed by atoms with Crippen LogP contribution in [0.4, 0.5) is 0 Å². The maximum atomic E-state index is 4.50. The number of nitrogens with zero attached hydrogens (tertiary/aromatic N) is 2. The van der Waals surface area contributed by atoms with Crippen LogP contribution in [-0.2, 0) is 0 Å². The third-order valence-electron chi connectivity index (χ3n) is 2.86. The van der Waals surface area contributed by atoms with Gasteiger partial charge in [0.1, 0.15) is 4.60 Å². The van der Waals surface area contributed by atoms with Gasteiger partial charge in [0.15, 0.2) is 0 Å². The first kappa shape index (κ1) is 17.1. The van der Waals surface area contributed by atoms with Gasteiger partial charge in [-0.15, -0.1) is 24.8 Å². The summed E-state index contributed by atoms with van der Waals surface area (Å²) >= 11 is 3.41. The van der Waals surface area contributed by atoms with Crippen molar-refractivity contribution >= 4 is 40.7 Å². The molecule has 1 saturated heterocycles. The van der Waals surface area contributed by atoms with Crippen LogP contribution in [0.2, 0.25) is 0 Å². The van der Waals surface area contributed by atoms with Gasteiger partial charge in [-0.3, -0.25) is 4.90 Å². The largest absolute Gasteiger partial charge is 0.314 e. The Morgan fingerprint density at radius 3 is 2.53 bits per heavy atom. The van der Waals surface area contributed by atoms with Gasteiger partial charge in [-0.1, -0.05) is 6.07 Å². The minimum Gasteiger partial charge on any atom is -0.314 e. The van der Waals surface area contributed by atoms with Crippen molar-refractivity contribution in [2.75, 3.05) is 26.2 Å². The third kappa shape index (κ3) is 4.72. The normalized spacial score (nSPS) is 17.8. The van der Waals surface area contributed by atoms with Crippen LogP contribution < -0.4 is 5.32 Å². The van der Waals surface area contributed by atoms with E-state index in [2.05, 4.69) is 44.1 Å². The average Bonchev–Trinajstić information content (AvgIpc) is 2.29. The molecule has 0 unspecified atom stereocenters. The van der Waals surface area contributed by atoms with Gasteiger partial charge in [0.2, 0.25) is 0 Å². The molecule has 0 amide bonds. The monoisotopic (exact) mass is 341 g/mol. The van der Waals surface area contributed by atoms with Gasteiger partial charge in [0.05, 0.1) is 5.69 Å². The summed E-state index contributed by atoms with van der Waals surface area (Å²) in [5, 5.41) is 3.36. The van der Waals surface area contributed by atoms with Crippen LogP contribution in [0.3, 0.4) is 0 Å². The fraction of sp³-hybridized carbons (Fsp3) is 0.545. The van der Waals surface area contributed by atoms with Crippen molar-refractivity contribution in [3.05, 3.63) is 28.5 Å². The van der Waals surface area contributed by atoms with Crippen molar-refractivity contribution in [2.24, 2.45) is 0 Å². The van der Waals surface area contributed by atoms with Crippen molar-refractivity contribution in [3.8, 4) is 0 Å². The van der Waals surface area contributed by atoms with Crippen LogP contribution in [0.25, 0.3) is 0 Å². The highest BCUT2D eigenvalue weighted by atomic mass is 79.9. The fourth-order valence-corrected chi connectivity index (χ4v) is 2.27. The average molecular weight is 343 g/mol. The minimum atomic E-state index is 0. The van der Waals surface area contributed by atoms with Crippen molar-refractivity contribution in [1.29, 1.82) is 0 Å². The molecule has 0 aromatic carbocycles. The molecule has 1 atom stereocenters. The Labute approximate surface area is 123 Å². The van der Waals surface area contributed by atoms with Gasteiger partial charge in [0, 0.05) is 32.2 Å². The zero-order valence-electron chi connectivity index (χ0n) is 9.73. The van der Waals surface area contributed by atoms with E-state index in [4.69, 9.17) is 0 Å². The molecular weight excluding hydrogens is 325 g/mol. The summed E-state index contributed by atoms with van der Waals surface area (Å²) in [6.45, 7) is 6.60. The summed E-state index contributed by atoms with van der Waals surface area (Å²) in [5.74, 6) is 0.